The zero-order valence-corrected chi connectivity index (χ0v) is 24.3. The fourth-order valence-corrected chi connectivity index (χ4v) is 6.18. The van der Waals surface area contributed by atoms with E-state index in [1.54, 1.807) is 0 Å². The lowest BCUT2D eigenvalue weighted by atomic mass is 9.90. The molecule has 1 aliphatic rings. The van der Waals surface area contributed by atoms with Gasteiger partial charge in [-0.25, -0.2) is 22.6 Å². The van der Waals surface area contributed by atoms with Gasteiger partial charge in [-0.05, 0) is 108 Å². The van der Waals surface area contributed by atoms with Crippen LogP contribution in [0.1, 0.15) is 34.4 Å². The number of halogens is 4. The van der Waals surface area contributed by atoms with Crippen LogP contribution in [-0.2, 0) is 6.42 Å². The fraction of sp³-hybridized carbons (Fsp3) is 0.0789. The van der Waals surface area contributed by atoms with Crippen LogP contribution >= 0.6 is 0 Å². The Hall–Kier alpha value is -5.43. The van der Waals surface area contributed by atoms with Gasteiger partial charge < -0.3 is 10.3 Å². The molecule has 0 saturated heterocycles. The van der Waals surface area contributed by atoms with Crippen molar-refractivity contribution < 1.29 is 17.6 Å². The summed E-state index contributed by atoms with van der Waals surface area (Å²) in [6.07, 6.45) is 3.07. The maximum Gasteiger partial charge on any atom is 0.133 e. The first-order chi connectivity index (χ1) is 21.7. The Kier molecular flexibility index (Phi) is 7.09. The molecule has 0 aliphatic heterocycles. The molecule has 1 aliphatic carbocycles. The molecule has 222 valence electrons. The van der Waals surface area contributed by atoms with Crippen LogP contribution in [-0.4, -0.2) is 10.4 Å². The van der Waals surface area contributed by atoms with E-state index in [1.807, 2.05) is 79.7 Å². The first kappa shape index (κ1) is 28.3. The number of hydrogen-bond donors (Lipinski definition) is 1. The normalized spacial score (nSPS) is 13.2. The number of para-hydroxylation sites is 2. The first-order valence-corrected chi connectivity index (χ1v) is 14.6. The van der Waals surface area contributed by atoms with Crippen molar-refractivity contribution in [3.05, 3.63) is 154 Å². The van der Waals surface area contributed by atoms with Crippen molar-refractivity contribution >= 4 is 34.1 Å². The minimum absolute atomic E-state index is 0.352. The van der Waals surface area contributed by atoms with E-state index in [-0.39, 0.29) is 0 Å². The number of nitrogens with zero attached hydrogens (tertiary/aromatic N) is 2. The second-order valence-electron chi connectivity index (χ2n) is 11.2. The van der Waals surface area contributed by atoms with Gasteiger partial charge in [0.05, 0.1) is 16.9 Å². The van der Waals surface area contributed by atoms with E-state index in [0.717, 1.165) is 62.4 Å². The molecule has 0 bridgehead atoms. The van der Waals surface area contributed by atoms with Crippen molar-refractivity contribution in [1.82, 2.24) is 4.57 Å². The Balaban J connectivity index is 1.47. The summed E-state index contributed by atoms with van der Waals surface area (Å²) in [4.78, 5) is 4.76. The lowest BCUT2D eigenvalue weighted by molar-refractivity contribution is 0.582. The number of aryl methyl sites for hydroxylation is 1. The molecular formula is C38H27F4N3. The third kappa shape index (κ3) is 5.31. The summed E-state index contributed by atoms with van der Waals surface area (Å²) in [5.74, 6) is -2.28. The molecule has 1 heterocycles. The topological polar surface area (TPSA) is 43.3 Å². The van der Waals surface area contributed by atoms with Crippen molar-refractivity contribution in [2.75, 3.05) is 0 Å². The van der Waals surface area contributed by atoms with Crippen molar-refractivity contribution in [1.29, 1.82) is 0 Å². The van der Waals surface area contributed by atoms with Crippen LogP contribution in [0.2, 0.25) is 0 Å². The number of aromatic nitrogens is 1. The third-order valence-corrected chi connectivity index (χ3v) is 8.26. The van der Waals surface area contributed by atoms with Crippen LogP contribution in [0, 0.1) is 30.2 Å². The molecule has 7 heteroatoms. The summed E-state index contributed by atoms with van der Waals surface area (Å²) in [7, 11) is 0. The number of benzene rings is 5. The molecule has 0 amide bonds. The highest BCUT2D eigenvalue weighted by molar-refractivity contribution is 6.05. The predicted octanol–water partition coefficient (Wildman–Crippen LogP) is 9.69. The van der Waals surface area contributed by atoms with Crippen molar-refractivity contribution in [3.63, 3.8) is 0 Å². The van der Waals surface area contributed by atoms with Gasteiger partial charge in [0.25, 0.3) is 0 Å². The maximum atomic E-state index is 14.2. The van der Waals surface area contributed by atoms with E-state index in [9.17, 15) is 17.6 Å². The highest BCUT2D eigenvalue weighted by Gasteiger charge is 2.24. The van der Waals surface area contributed by atoms with Crippen LogP contribution in [0.25, 0.3) is 39.4 Å². The number of aliphatic imine (C=N–C) groups is 1. The molecule has 5 aromatic carbocycles. The van der Waals surface area contributed by atoms with E-state index >= 15 is 0 Å². The lowest BCUT2D eigenvalue weighted by Crippen LogP contribution is -2.17. The zero-order chi connectivity index (χ0) is 31.2. The van der Waals surface area contributed by atoms with Crippen LogP contribution in [0.5, 0.6) is 0 Å². The third-order valence-electron chi connectivity index (χ3n) is 8.26. The van der Waals surface area contributed by atoms with Gasteiger partial charge in [0, 0.05) is 34.3 Å². The molecule has 0 saturated carbocycles. The van der Waals surface area contributed by atoms with E-state index in [4.69, 9.17) is 10.7 Å². The minimum atomic E-state index is -0.669. The van der Waals surface area contributed by atoms with E-state index in [0.29, 0.717) is 35.4 Å². The zero-order valence-electron chi connectivity index (χ0n) is 24.3. The van der Waals surface area contributed by atoms with Crippen LogP contribution in [0.4, 0.5) is 23.2 Å². The van der Waals surface area contributed by atoms with Crippen LogP contribution < -0.4 is 5.73 Å². The van der Waals surface area contributed by atoms with Gasteiger partial charge in [-0.1, -0.05) is 36.4 Å². The van der Waals surface area contributed by atoms with Gasteiger partial charge in [-0.3, -0.25) is 0 Å². The van der Waals surface area contributed by atoms with Crippen LogP contribution in [0.3, 0.4) is 0 Å². The molecule has 0 unspecified atom stereocenters. The summed E-state index contributed by atoms with van der Waals surface area (Å²) < 4.78 is 58.9. The lowest BCUT2D eigenvalue weighted by Gasteiger charge is -2.19. The molecule has 0 atom stereocenters. The van der Waals surface area contributed by atoms with Crippen LogP contribution in [0.15, 0.2) is 108 Å². The number of rotatable bonds is 5. The fourth-order valence-electron chi connectivity index (χ4n) is 6.18. The second kappa shape index (κ2) is 11.2. The highest BCUT2D eigenvalue weighted by atomic mass is 19.1. The molecule has 0 radical (unpaired) electrons. The number of allylic oxidation sites excluding steroid dienone is 1. The summed E-state index contributed by atoms with van der Waals surface area (Å²) in [6.45, 7) is 1.98. The van der Waals surface area contributed by atoms with E-state index in [1.165, 1.54) is 24.3 Å². The highest BCUT2D eigenvalue weighted by Crippen LogP contribution is 2.41. The molecule has 45 heavy (non-hydrogen) atoms. The SMILES string of the molecule is Cc1ccccc1/N=C(\N)c1ccccc1-n1c2c(c3cc(-c4cc(F)cc(F)c4)ccc31)C=C(c1cc(F)cc(F)c1)CC2. The molecule has 2 N–H and O–H groups in total. The Bertz CT molecular complexity index is 2150. The van der Waals surface area contributed by atoms with E-state index in [2.05, 4.69) is 4.57 Å². The van der Waals surface area contributed by atoms with Crippen molar-refractivity contribution in [3.8, 4) is 16.8 Å². The average Bonchev–Trinajstić information content (AvgIpc) is 3.34. The first-order valence-electron chi connectivity index (χ1n) is 14.6. The number of fused-ring (bicyclic) bond motifs is 3. The number of nitrogens with two attached hydrogens (primary N) is 1. The van der Waals surface area contributed by atoms with Gasteiger partial charge in [0.15, 0.2) is 0 Å². The Morgan fingerprint density at radius 2 is 1.33 bits per heavy atom. The van der Waals surface area contributed by atoms with Crippen molar-refractivity contribution in [2.24, 2.45) is 10.7 Å². The maximum absolute atomic E-state index is 14.2. The van der Waals surface area contributed by atoms with Gasteiger partial charge >= 0.3 is 0 Å². The Morgan fingerprint density at radius 1 is 0.689 bits per heavy atom. The van der Waals surface area contributed by atoms with Gasteiger partial charge in [0.1, 0.15) is 29.1 Å². The average molecular weight is 602 g/mol. The summed E-state index contributed by atoms with van der Waals surface area (Å²) in [5.41, 5.74) is 14.9. The standard InChI is InChI=1S/C38H27F4N3/c1-22-6-2-4-8-34(22)44-38(43)31-7-3-5-9-35(31)45-36-12-10-23(25-14-27(39)20-28(40)15-25)18-32(36)33-19-24(11-13-37(33)45)26-16-29(41)21-30(42)17-26/h2-10,12,14-21H,11,13H2,1H3,(H2,43,44). The van der Waals surface area contributed by atoms with Gasteiger partial charge in [-0.15, -0.1) is 0 Å². The summed E-state index contributed by atoms with van der Waals surface area (Å²) in [6, 6.07) is 28.1. The summed E-state index contributed by atoms with van der Waals surface area (Å²) >= 11 is 0. The minimum Gasteiger partial charge on any atom is -0.383 e. The van der Waals surface area contributed by atoms with E-state index < -0.39 is 23.3 Å². The predicted molar refractivity (Wildman–Crippen MR) is 173 cm³/mol. The Labute approximate surface area is 257 Å². The molecule has 6 aromatic rings. The molecule has 3 nitrogen and oxygen atoms in total. The smallest absolute Gasteiger partial charge is 0.133 e. The molecule has 7 rings (SSSR count). The summed E-state index contributed by atoms with van der Waals surface area (Å²) in [5, 5.41) is 0.825. The number of amidine groups is 1. The quantitative estimate of drug-likeness (QED) is 0.119. The molecular weight excluding hydrogens is 574 g/mol. The molecule has 0 spiro atoms. The molecule has 1 aromatic heterocycles. The van der Waals surface area contributed by atoms with Gasteiger partial charge in [0.2, 0.25) is 0 Å². The largest absolute Gasteiger partial charge is 0.383 e. The Morgan fingerprint density at radius 3 is 2.04 bits per heavy atom. The number of hydrogen-bond acceptors (Lipinski definition) is 1. The van der Waals surface area contributed by atoms with Crippen molar-refractivity contribution in [2.45, 2.75) is 19.8 Å². The molecule has 0 fully saturated rings. The van der Waals surface area contributed by atoms with Gasteiger partial charge in [-0.2, -0.15) is 0 Å². The second-order valence-corrected chi connectivity index (χ2v) is 11.2. The monoisotopic (exact) mass is 601 g/mol.